The summed E-state index contributed by atoms with van der Waals surface area (Å²) >= 11 is 0. The van der Waals surface area contributed by atoms with Crippen molar-refractivity contribution in [3.8, 4) is 0 Å². The average Bonchev–Trinajstić information content (AvgIpc) is 3.08. The van der Waals surface area contributed by atoms with Crippen LogP contribution in [0.5, 0.6) is 0 Å². The zero-order valence-corrected chi connectivity index (χ0v) is 14.2. The highest BCUT2D eigenvalue weighted by Gasteiger charge is 2.20. The Morgan fingerprint density at radius 2 is 1.74 bits per heavy atom. The Balaban J connectivity index is 1.59. The number of rotatable bonds is 5. The molecular weight excluding hydrogens is 312 g/mol. The van der Waals surface area contributed by atoms with Crippen molar-refractivity contribution in [2.75, 3.05) is 19.6 Å². The van der Waals surface area contributed by atoms with Crippen LogP contribution < -0.4 is 4.72 Å². The monoisotopic (exact) mass is 336 g/mol. The van der Waals surface area contributed by atoms with Crippen LogP contribution in [0.4, 0.5) is 0 Å². The van der Waals surface area contributed by atoms with Crippen LogP contribution in [-0.2, 0) is 27.7 Å². The van der Waals surface area contributed by atoms with Gasteiger partial charge in [-0.1, -0.05) is 6.07 Å². The maximum Gasteiger partial charge on any atom is 0.240 e. The van der Waals surface area contributed by atoms with Gasteiger partial charge >= 0.3 is 0 Å². The van der Waals surface area contributed by atoms with Gasteiger partial charge in [0.1, 0.15) is 0 Å². The minimum atomic E-state index is -3.53. The van der Waals surface area contributed by atoms with E-state index in [0.717, 1.165) is 50.8 Å². The molecule has 1 amide bonds. The molecule has 2 aliphatic rings. The topological polar surface area (TPSA) is 66.5 Å². The molecule has 0 radical (unpaired) electrons. The maximum atomic E-state index is 12.4. The van der Waals surface area contributed by atoms with Gasteiger partial charge in [-0.05, 0) is 61.8 Å². The summed E-state index contributed by atoms with van der Waals surface area (Å²) in [4.78, 5) is 14.1. The fraction of sp³-hybridized carbons (Fsp3) is 0.588. The summed E-state index contributed by atoms with van der Waals surface area (Å²) in [7, 11) is -3.53. The summed E-state index contributed by atoms with van der Waals surface area (Å²) in [6.45, 7) is 1.77. The van der Waals surface area contributed by atoms with Crippen LogP contribution >= 0.6 is 0 Å². The first-order chi connectivity index (χ1) is 11.1. The van der Waals surface area contributed by atoms with Gasteiger partial charge in [0.2, 0.25) is 15.9 Å². The van der Waals surface area contributed by atoms with Crippen molar-refractivity contribution in [2.24, 2.45) is 0 Å². The Labute approximate surface area is 138 Å². The number of benzene rings is 1. The van der Waals surface area contributed by atoms with Crippen molar-refractivity contribution in [2.45, 2.75) is 49.8 Å². The normalized spacial score (nSPS) is 18.0. The number of amides is 1. The number of fused-ring (bicyclic) bond motifs is 1. The molecule has 1 heterocycles. The Morgan fingerprint density at radius 1 is 1.04 bits per heavy atom. The molecule has 23 heavy (non-hydrogen) atoms. The van der Waals surface area contributed by atoms with Gasteiger partial charge in [0.15, 0.2) is 0 Å². The molecule has 0 spiro atoms. The minimum absolute atomic E-state index is 0.0376. The zero-order chi connectivity index (χ0) is 16.3. The van der Waals surface area contributed by atoms with Crippen LogP contribution in [-0.4, -0.2) is 38.9 Å². The predicted molar refractivity (Wildman–Crippen MR) is 88.7 cm³/mol. The molecule has 0 saturated carbocycles. The van der Waals surface area contributed by atoms with Gasteiger partial charge in [-0.25, -0.2) is 13.1 Å². The van der Waals surface area contributed by atoms with Crippen LogP contribution in [0.25, 0.3) is 0 Å². The molecule has 1 aliphatic heterocycles. The van der Waals surface area contributed by atoms with Gasteiger partial charge in [-0.3, -0.25) is 4.79 Å². The highest BCUT2D eigenvalue weighted by atomic mass is 32.2. The summed E-state index contributed by atoms with van der Waals surface area (Å²) in [6.07, 6.45) is 6.60. The maximum absolute atomic E-state index is 12.4. The highest BCUT2D eigenvalue weighted by molar-refractivity contribution is 7.89. The van der Waals surface area contributed by atoms with E-state index < -0.39 is 10.0 Å². The lowest BCUT2D eigenvalue weighted by atomic mass is 9.92. The molecule has 1 N–H and O–H groups in total. The van der Waals surface area contributed by atoms with Gasteiger partial charge in [-0.2, -0.15) is 0 Å². The summed E-state index contributed by atoms with van der Waals surface area (Å²) in [5.74, 6) is 0.0376. The van der Waals surface area contributed by atoms with Crippen LogP contribution in [0, 0.1) is 0 Å². The van der Waals surface area contributed by atoms with Gasteiger partial charge in [0.25, 0.3) is 0 Å². The first-order valence-corrected chi connectivity index (χ1v) is 9.94. The summed E-state index contributed by atoms with van der Waals surface area (Å²) in [5.41, 5.74) is 2.41. The van der Waals surface area contributed by atoms with E-state index in [1.807, 2.05) is 11.0 Å². The van der Waals surface area contributed by atoms with E-state index in [1.54, 1.807) is 12.1 Å². The molecule has 1 aromatic rings. The highest BCUT2D eigenvalue weighted by Crippen LogP contribution is 2.24. The Hall–Kier alpha value is -1.40. The number of sulfonamides is 1. The number of nitrogens with one attached hydrogen (secondary N) is 1. The fourth-order valence-electron chi connectivity index (χ4n) is 3.38. The molecular formula is C17H24N2O3S. The number of hydrogen-bond donors (Lipinski definition) is 1. The van der Waals surface area contributed by atoms with Gasteiger partial charge in [0, 0.05) is 26.1 Å². The van der Waals surface area contributed by atoms with E-state index >= 15 is 0 Å². The van der Waals surface area contributed by atoms with Gasteiger partial charge in [-0.15, -0.1) is 0 Å². The molecule has 1 aliphatic carbocycles. The molecule has 3 rings (SSSR count). The van der Waals surface area contributed by atoms with E-state index in [9.17, 15) is 13.2 Å². The van der Waals surface area contributed by atoms with E-state index in [0.29, 0.717) is 4.90 Å². The Morgan fingerprint density at radius 3 is 2.48 bits per heavy atom. The number of nitrogens with zero attached hydrogens (tertiary/aromatic N) is 1. The SMILES string of the molecule is O=C(CCNS(=O)(=O)c1ccc2c(c1)CCCC2)N1CCCC1. The van der Waals surface area contributed by atoms with Crippen molar-refractivity contribution < 1.29 is 13.2 Å². The third kappa shape index (κ3) is 3.93. The van der Waals surface area contributed by atoms with Crippen LogP contribution in [0.15, 0.2) is 23.1 Å². The molecule has 1 saturated heterocycles. The zero-order valence-electron chi connectivity index (χ0n) is 13.4. The number of carbonyl (C=O) groups is 1. The molecule has 5 nitrogen and oxygen atoms in total. The van der Waals surface area contributed by atoms with Crippen molar-refractivity contribution in [3.05, 3.63) is 29.3 Å². The van der Waals surface area contributed by atoms with Crippen molar-refractivity contribution in [3.63, 3.8) is 0 Å². The molecule has 126 valence electrons. The second-order valence-electron chi connectivity index (χ2n) is 6.37. The van der Waals surface area contributed by atoms with Crippen molar-refractivity contribution in [1.29, 1.82) is 0 Å². The lowest BCUT2D eigenvalue weighted by Crippen LogP contribution is -2.32. The Kier molecular flexibility index (Phi) is 5.02. The molecule has 0 atom stereocenters. The van der Waals surface area contributed by atoms with Gasteiger partial charge < -0.3 is 4.90 Å². The standard InChI is InChI=1S/C17H24N2O3S/c20-17(19-11-3-4-12-19)9-10-18-23(21,22)16-8-7-14-5-1-2-6-15(14)13-16/h7-8,13,18H,1-6,9-12H2. The van der Waals surface area contributed by atoms with E-state index in [1.165, 1.54) is 12.0 Å². The van der Waals surface area contributed by atoms with Crippen LogP contribution in [0.3, 0.4) is 0 Å². The molecule has 1 fully saturated rings. The van der Waals surface area contributed by atoms with Crippen LogP contribution in [0.1, 0.15) is 43.2 Å². The largest absolute Gasteiger partial charge is 0.343 e. The van der Waals surface area contributed by atoms with E-state index in [4.69, 9.17) is 0 Å². The summed E-state index contributed by atoms with van der Waals surface area (Å²) in [5, 5.41) is 0. The molecule has 1 aromatic carbocycles. The van der Waals surface area contributed by atoms with E-state index in [2.05, 4.69) is 4.72 Å². The van der Waals surface area contributed by atoms with Crippen molar-refractivity contribution in [1.82, 2.24) is 9.62 Å². The Bertz CT molecular complexity index is 679. The fourth-order valence-corrected chi connectivity index (χ4v) is 4.46. The number of aryl methyl sites for hydroxylation is 2. The second kappa shape index (κ2) is 7.01. The second-order valence-corrected chi connectivity index (χ2v) is 8.14. The van der Waals surface area contributed by atoms with Gasteiger partial charge in [0.05, 0.1) is 4.90 Å². The summed E-state index contributed by atoms with van der Waals surface area (Å²) in [6, 6.07) is 5.40. The molecule has 6 heteroatoms. The van der Waals surface area contributed by atoms with Crippen LogP contribution in [0.2, 0.25) is 0 Å². The smallest absolute Gasteiger partial charge is 0.240 e. The predicted octanol–water partition coefficient (Wildman–Crippen LogP) is 1.86. The van der Waals surface area contributed by atoms with Crippen molar-refractivity contribution >= 4 is 15.9 Å². The lowest BCUT2D eigenvalue weighted by molar-refractivity contribution is -0.129. The first kappa shape index (κ1) is 16.5. The molecule has 0 bridgehead atoms. The number of hydrogen-bond acceptors (Lipinski definition) is 3. The average molecular weight is 336 g/mol. The first-order valence-electron chi connectivity index (χ1n) is 8.45. The number of likely N-dealkylation sites (tertiary alicyclic amines) is 1. The minimum Gasteiger partial charge on any atom is -0.343 e. The van der Waals surface area contributed by atoms with E-state index in [-0.39, 0.29) is 18.9 Å². The lowest BCUT2D eigenvalue weighted by Gasteiger charge is -2.17. The summed E-state index contributed by atoms with van der Waals surface area (Å²) < 4.78 is 27.3. The molecule has 0 unspecified atom stereocenters. The number of carbonyl (C=O) groups excluding carboxylic acids is 1. The quantitative estimate of drug-likeness (QED) is 0.892. The third-order valence-electron chi connectivity index (χ3n) is 4.72. The third-order valence-corrected chi connectivity index (χ3v) is 6.18. The molecule has 0 aromatic heterocycles.